The van der Waals surface area contributed by atoms with E-state index in [1.807, 2.05) is 6.92 Å². The van der Waals surface area contributed by atoms with E-state index in [1.165, 1.54) is 12.1 Å². The number of nitrogens with one attached hydrogen (secondary N) is 1. The monoisotopic (exact) mass is 391 g/mol. The van der Waals surface area contributed by atoms with Gasteiger partial charge in [0.25, 0.3) is 5.91 Å². The molecule has 1 heterocycles. The molecule has 3 rings (SSSR count). The molecule has 0 unspecified atom stereocenters. The largest absolute Gasteiger partial charge is 0.484 e. The lowest BCUT2D eigenvalue weighted by Crippen LogP contribution is -2.20. The average Bonchev–Trinajstić information content (AvgIpc) is 2.61. The van der Waals surface area contributed by atoms with Crippen molar-refractivity contribution in [2.75, 3.05) is 11.9 Å². The lowest BCUT2D eigenvalue weighted by molar-refractivity contribution is -0.118. The van der Waals surface area contributed by atoms with Gasteiger partial charge in [0.05, 0.1) is 10.7 Å². The van der Waals surface area contributed by atoms with Crippen molar-refractivity contribution in [3.63, 3.8) is 0 Å². The van der Waals surface area contributed by atoms with Crippen LogP contribution in [-0.4, -0.2) is 12.5 Å². The zero-order valence-corrected chi connectivity index (χ0v) is 15.4. The fourth-order valence-corrected chi connectivity index (χ4v) is 2.97. The summed E-state index contributed by atoms with van der Waals surface area (Å²) in [5.74, 6) is 0.0457. The molecule has 1 N–H and O–H groups in total. The van der Waals surface area contributed by atoms with Crippen molar-refractivity contribution in [3.8, 4) is 5.75 Å². The minimum absolute atomic E-state index is 0.220. The van der Waals surface area contributed by atoms with E-state index in [9.17, 15) is 9.59 Å². The maximum Gasteiger partial charge on any atom is 0.336 e. The van der Waals surface area contributed by atoms with E-state index in [-0.39, 0.29) is 12.5 Å². The average molecular weight is 392 g/mol. The molecule has 0 saturated heterocycles. The normalized spacial score (nSPS) is 10.7. The number of halogens is 2. The number of aryl methyl sites for hydroxylation is 1. The van der Waals surface area contributed by atoms with Gasteiger partial charge in [-0.2, -0.15) is 0 Å². The van der Waals surface area contributed by atoms with Crippen LogP contribution in [0.15, 0.2) is 51.7 Å². The van der Waals surface area contributed by atoms with Gasteiger partial charge < -0.3 is 14.5 Å². The van der Waals surface area contributed by atoms with Gasteiger partial charge in [0.15, 0.2) is 6.61 Å². The van der Waals surface area contributed by atoms with Crippen molar-refractivity contribution in [1.29, 1.82) is 0 Å². The van der Waals surface area contributed by atoms with Crippen LogP contribution in [0.5, 0.6) is 5.75 Å². The minimum Gasteiger partial charge on any atom is -0.484 e. The second-order valence-electron chi connectivity index (χ2n) is 5.56. The number of amides is 1. The maximum atomic E-state index is 12.0. The van der Waals surface area contributed by atoms with E-state index in [4.69, 9.17) is 32.4 Å². The molecule has 0 fully saturated rings. The molecule has 1 amide bonds. The lowest BCUT2D eigenvalue weighted by Gasteiger charge is -2.10. The smallest absolute Gasteiger partial charge is 0.336 e. The third kappa shape index (κ3) is 4.18. The van der Waals surface area contributed by atoms with E-state index in [1.54, 1.807) is 30.3 Å². The zero-order chi connectivity index (χ0) is 18.7. The molecule has 0 aliphatic carbocycles. The van der Waals surface area contributed by atoms with Crippen LogP contribution in [0.3, 0.4) is 0 Å². The number of carbonyl (C=O) groups excluding carboxylic acids is 1. The Labute approximate surface area is 159 Å². The van der Waals surface area contributed by atoms with Crippen LogP contribution in [0.4, 0.5) is 5.69 Å². The Hall–Kier alpha value is -2.50. The molecule has 0 radical (unpaired) electrons. The van der Waals surface area contributed by atoms with Gasteiger partial charge in [-0.05, 0) is 42.3 Å². The van der Waals surface area contributed by atoms with Gasteiger partial charge in [0, 0.05) is 22.5 Å². The van der Waals surface area contributed by atoms with Gasteiger partial charge in [0.1, 0.15) is 11.3 Å². The standard InChI is InChI=1S/C19H15Cl2NO4/c1-2-11-7-19(24)26-17-9-13(4-5-14(11)17)25-10-18(23)22-16-6-3-12(20)8-15(16)21/h3-9H,2,10H2,1H3,(H,22,23). The quantitative estimate of drug-likeness (QED) is 0.641. The first kappa shape index (κ1) is 18.3. The van der Waals surface area contributed by atoms with Crippen molar-refractivity contribution in [2.24, 2.45) is 0 Å². The summed E-state index contributed by atoms with van der Waals surface area (Å²) in [6.07, 6.45) is 0.715. The molecule has 3 aromatic rings. The molecule has 0 bridgehead atoms. The SMILES string of the molecule is CCc1cc(=O)oc2cc(OCC(=O)Nc3ccc(Cl)cc3Cl)ccc12. The van der Waals surface area contributed by atoms with Crippen molar-refractivity contribution < 1.29 is 13.9 Å². The number of benzene rings is 2. The van der Waals surface area contributed by atoms with Crippen LogP contribution in [0, 0.1) is 0 Å². The fourth-order valence-electron chi connectivity index (χ4n) is 2.52. The van der Waals surface area contributed by atoms with Crippen molar-refractivity contribution in [1.82, 2.24) is 0 Å². The molecular formula is C19H15Cl2NO4. The summed E-state index contributed by atoms with van der Waals surface area (Å²) < 4.78 is 10.7. The molecule has 7 heteroatoms. The highest BCUT2D eigenvalue weighted by Gasteiger charge is 2.09. The molecular weight excluding hydrogens is 377 g/mol. The number of fused-ring (bicyclic) bond motifs is 1. The molecule has 0 saturated carbocycles. The predicted octanol–water partition coefficient (Wildman–Crippen LogP) is 4.68. The van der Waals surface area contributed by atoms with Gasteiger partial charge in [-0.1, -0.05) is 30.1 Å². The van der Waals surface area contributed by atoms with E-state index < -0.39 is 5.63 Å². The van der Waals surface area contributed by atoms with Gasteiger partial charge in [-0.3, -0.25) is 4.79 Å². The Kier molecular flexibility index (Phi) is 5.49. The van der Waals surface area contributed by atoms with Gasteiger partial charge in [0.2, 0.25) is 0 Å². The molecule has 5 nitrogen and oxygen atoms in total. The van der Waals surface area contributed by atoms with Crippen LogP contribution < -0.4 is 15.7 Å². The molecule has 0 aliphatic rings. The van der Waals surface area contributed by atoms with Crippen LogP contribution in [0.1, 0.15) is 12.5 Å². The van der Waals surface area contributed by atoms with Gasteiger partial charge >= 0.3 is 5.63 Å². The predicted molar refractivity (Wildman–Crippen MR) is 102 cm³/mol. The van der Waals surface area contributed by atoms with E-state index in [2.05, 4.69) is 5.32 Å². The third-order valence-electron chi connectivity index (χ3n) is 3.76. The third-order valence-corrected chi connectivity index (χ3v) is 4.31. The number of anilines is 1. The minimum atomic E-state index is -0.415. The van der Waals surface area contributed by atoms with Crippen LogP contribution >= 0.6 is 23.2 Å². The Morgan fingerprint density at radius 3 is 2.69 bits per heavy atom. The number of rotatable bonds is 5. The number of hydrogen-bond acceptors (Lipinski definition) is 4. The summed E-state index contributed by atoms with van der Waals surface area (Å²) >= 11 is 11.8. The van der Waals surface area contributed by atoms with Crippen LogP contribution in [-0.2, 0) is 11.2 Å². The summed E-state index contributed by atoms with van der Waals surface area (Å²) in [5.41, 5.74) is 1.36. The summed E-state index contributed by atoms with van der Waals surface area (Å²) in [7, 11) is 0. The van der Waals surface area contributed by atoms with Gasteiger partial charge in [-0.25, -0.2) is 4.79 Å². The summed E-state index contributed by atoms with van der Waals surface area (Å²) in [6.45, 7) is 1.74. The fraction of sp³-hybridized carbons (Fsp3) is 0.158. The molecule has 2 aromatic carbocycles. The number of ether oxygens (including phenoxy) is 1. The van der Waals surface area contributed by atoms with Crippen LogP contribution in [0.2, 0.25) is 10.0 Å². The van der Waals surface area contributed by atoms with Crippen LogP contribution in [0.25, 0.3) is 11.0 Å². The first-order valence-electron chi connectivity index (χ1n) is 7.90. The molecule has 134 valence electrons. The lowest BCUT2D eigenvalue weighted by atomic mass is 10.1. The number of hydrogen-bond donors (Lipinski definition) is 1. The van der Waals surface area contributed by atoms with E-state index in [0.29, 0.717) is 33.5 Å². The summed E-state index contributed by atoms with van der Waals surface area (Å²) in [4.78, 5) is 23.6. The molecule has 0 aliphatic heterocycles. The highest BCUT2D eigenvalue weighted by atomic mass is 35.5. The molecule has 0 atom stereocenters. The Morgan fingerprint density at radius 1 is 1.15 bits per heavy atom. The highest BCUT2D eigenvalue weighted by Crippen LogP contribution is 2.26. The summed E-state index contributed by atoms with van der Waals surface area (Å²) in [5, 5.41) is 4.31. The topological polar surface area (TPSA) is 68.5 Å². The van der Waals surface area contributed by atoms with Crippen molar-refractivity contribution in [2.45, 2.75) is 13.3 Å². The molecule has 1 aromatic heterocycles. The Bertz CT molecular complexity index is 1030. The van der Waals surface area contributed by atoms with Crippen molar-refractivity contribution in [3.05, 3.63) is 68.5 Å². The first-order valence-corrected chi connectivity index (χ1v) is 8.66. The Morgan fingerprint density at radius 2 is 1.96 bits per heavy atom. The second-order valence-corrected chi connectivity index (χ2v) is 6.41. The zero-order valence-electron chi connectivity index (χ0n) is 13.8. The van der Waals surface area contributed by atoms with Crippen molar-refractivity contribution >= 4 is 45.8 Å². The van der Waals surface area contributed by atoms with E-state index >= 15 is 0 Å². The molecule has 26 heavy (non-hydrogen) atoms. The number of carbonyl (C=O) groups is 1. The first-order chi connectivity index (χ1) is 12.5. The molecule has 0 spiro atoms. The highest BCUT2D eigenvalue weighted by molar-refractivity contribution is 6.36. The van der Waals surface area contributed by atoms with Gasteiger partial charge in [-0.15, -0.1) is 0 Å². The Balaban J connectivity index is 1.71. The maximum absolute atomic E-state index is 12.0. The van der Waals surface area contributed by atoms with E-state index in [0.717, 1.165) is 10.9 Å². The summed E-state index contributed by atoms with van der Waals surface area (Å²) in [6, 6.07) is 11.4. The second kappa shape index (κ2) is 7.81.